The van der Waals surface area contributed by atoms with Crippen molar-refractivity contribution < 1.29 is 13.8 Å². The normalized spacial score (nSPS) is 22.6. The standard InChI is InChI=1S/C10H18N2O3S/c1-10(2)9(14)12(6-7-16(3)15)5-4-8(13)11-10/h4-7H2,1-3H3,(H,11,13). The zero-order valence-electron chi connectivity index (χ0n) is 9.91. The minimum absolute atomic E-state index is 0.108. The molecule has 0 aromatic rings. The Morgan fingerprint density at radius 2 is 2.06 bits per heavy atom. The Hall–Kier alpha value is -0.910. The van der Waals surface area contributed by atoms with E-state index in [4.69, 9.17) is 0 Å². The third-order valence-electron chi connectivity index (χ3n) is 2.53. The van der Waals surface area contributed by atoms with E-state index in [9.17, 15) is 13.8 Å². The van der Waals surface area contributed by atoms with Gasteiger partial charge in [-0.3, -0.25) is 13.8 Å². The summed E-state index contributed by atoms with van der Waals surface area (Å²) in [4.78, 5) is 25.0. The first-order chi connectivity index (χ1) is 7.33. The van der Waals surface area contributed by atoms with Crippen LogP contribution >= 0.6 is 0 Å². The Labute approximate surface area is 98.0 Å². The van der Waals surface area contributed by atoms with Gasteiger partial charge < -0.3 is 10.2 Å². The van der Waals surface area contributed by atoms with E-state index in [-0.39, 0.29) is 11.8 Å². The second kappa shape index (κ2) is 4.95. The number of carbonyl (C=O) groups excluding carboxylic acids is 2. The van der Waals surface area contributed by atoms with E-state index >= 15 is 0 Å². The number of hydrogen-bond donors (Lipinski definition) is 1. The van der Waals surface area contributed by atoms with Crippen molar-refractivity contribution in [2.24, 2.45) is 0 Å². The SMILES string of the molecule is CS(=O)CCN1CCC(=O)NC(C)(C)C1=O. The number of amides is 2. The molecule has 1 saturated heterocycles. The summed E-state index contributed by atoms with van der Waals surface area (Å²) in [6.45, 7) is 4.23. The highest BCUT2D eigenvalue weighted by molar-refractivity contribution is 7.84. The molecular weight excluding hydrogens is 228 g/mol. The van der Waals surface area contributed by atoms with E-state index in [2.05, 4.69) is 5.32 Å². The molecule has 1 N–H and O–H groups in total. The van der Waals surface area contributed by atoms with Crippen molar-refractivity contribution in [3.8, 4) is 0 Å². The maximum absolute atomic E-state index is 12.0. The first kappa shape index (κ1) is 13.2. The summed E-state index contributed by atoms with van der Waals surface area (Å²) in [6.07, 6.45) is 1.92. The summed E-state index contributed by atoms with van der Waals surface area (Å²) >= 11 is 0. The average Bonchev–Trinajstić information content (AvgIpc) is 2.23. The second-order valence-corrected chi connectivity index (χ2v) is 6.05. The summed E-state index contributed by atoms with van der Waals surface area (Å²) in [5, 5.41) is 2.68. The molecule has 0 aliphatic carbocycles. The highest BCUT2D eigenvalue weighted by Crippen LogP contribution is 2.12. The monoisotopic (exact) mass is 246 g/mol. The zero-order valence-corrected chi connectivity index (χ0v) is 10.7. The van der Waals surface area contributed by atoms with Crippen LogP contribution in [0.2, 0.25) is 0 Å². The molecule has 1 rings (SSSR count). The third kappa shape index (κ3) is 3.30. The lowest BCUT2D eigenvalue weighted by Crippen LogP contribution is -2.53. The molecule has 1 atom stereocenters. The largest absolute Gasteiger partial charge is 0.342 e. The van der Waals surface area contributed by atoms with Gasteiger partial charge in [-0.05, 0) is 13.8 Å². The summed E-state index contributed by atoms with van der Waals surface area (Å²) in [5.74, 6) is 0.234. The van der Waals surface area contributed by atoms with Crippen LogP contribution in [0.4, 0.5) is 0 Å². The smallest absolute Gasteiger partial charge is 0.247 e. The van der Waals surface area contributed by atoms with Crippen molar-refractivity contribution in [1.29, 1.82) is 0 Å². The van der Waals surface area contributed by atoms with Crippen molar-refractivity contribution in [2.75, 3.05) is 25.1 Å². The van der Waals surface area contributed by atoms with Gasteiger partial charge in [0.1, 0.15) is 5.54 Å². The van der Waals surface area contributed by atoms with Gasteiger partial charge in [0, 0.05) is 42.3 Å². The Morgan fingerprint density at radius 1 is 1.44 bits per heavy atom. The number of carbonyl (C=O) groups is 2. The molecule has 0 aromatic carbocycles. The van der Waals surface area contributed by atoms with Gasteiger partial charge in [-0.2, -0.15) is 0 Å². The zero-order chi connectivity index (χ0) is 12.3. The molecule has 1 fully saturated rings. The molecule has 0 bridgehead atoms. The Balaban J connectivity index is 2.73. The lowest BCUT2D eigenvalue weighted by Gasteiger charge is -2.28. The van der Waals surface area contributed by atoms with Gasteiger partial charge >= 0.3 is 0 Å². The first-order valence-corrected chi connectivity index (χ1v) is 6.96. The molecular formula is C10H18N2O3S. The molecule has 0 radical (unpaired) electrons. The average molecular weight is 246 g/mol. The Kier molecular flexibility index (Phi) is 4.07. The number of nitrogens with zero attached hydrogens (tertiary/aromatic N) is 1. The number of hydrogen-bond acceptors (Lipinski definition) is 3. The van der Waals surface area contributed by atoms with E-state index in [0.29, 0.717) is 25.3 Å². The number of rotatable bonds is 3. The van der Waals surface area contributed by atoms with Crippen molar-refractivity contribution in [1.82, 2.24) is 10.2 Å². The lowest BCUT2D eigenvalue weighted by atomic mass is 10.0. The quantitative estimate of drug-likeness (QED) is 0.729. The van der Waals surface area contributed by atoms with Crippen LogP contribution in [0, 0.1) is 0 Å². The van der Waals surface area contributed by atoms with Gasteiger partial charge in [-0.25, -0.2) is 0 Å². The molecule has 2 amide bonds. The van der Waals surface area contributed by atoms with Gasteiger partial charge in [-0.15, -0.1) is 0 Å². The van der Waals surface area contributed by atoms with Crippen LogP contribution < -0.4 is 5.32 Å². The maximum Gasteiger partial charge on any atom is 0.247 e. The molecule has 92 valence electrons. The van der Waals surface area contributed by atoms with Gasteiger partial charge in [0.25, 0.3) is 0 Å². The van der Waals surface area contributed by atoms with Gasteiger partial charge in [0.15, 0.2) is 0 Å². The van der Waals surface area contributed by atoms with Crippen LogP contribution in [0.3, 0.4) is 0 Å². The Morgan fingerprint density at radius 3 is 2.62 bits per heavy atom. The predicted molar refractivity (Wildman–Crippen MR) is 62.4 cm³/mol. The van der Waals surface area contributed by atoms with E-state index < -0.39 is 16.3 Å². The van der Waals surface area contributed by atoms with Crippen LogP contribution in [-0.2, 0) is 20.4 Å². The first-order valence-electron chi connectivity index (χ1n) is 5.23. The summed E-state index contributed by atoms with van der Waals surface area (Å²) in [6, 6.07) is 0. The van der Waals surface area contributed by atoms with Crippen molar-refractivity contribution in [3.63, 3.8) is 0 Å². The molecule has 0 aromatic heterocycles. The van der Waals surface area contributed by atoms with Crippen LogP contribution in [-0.4, -0.2) is 51.6 Å². The van der Waals surface area contributed by atoms with Gasteiger partial charge in [0.05, 0.1) is 0 Å². The van der Waals surface area contributed by atoms with Crippen molar-refractivity contribution in [2.45, 2.75) is 25.8 Å². The van der Waals surface area contributed by atoms with Crippen LogP contribution in [0.25, 0.3) is 0 Å². The minimum atomic E-state index is -0.921. The fraction of sp³-hybridized carbons (Fsp3) is 0.800. The molecule has 0 saturated carbocycles. The van der Waals surface area contributed by atoms with Gasteiger partial charge in [0.2, 0.25) is 11.8 Å². The molecule has 1 aliphatic rings. The maximum atomic E-state index is 12.0. The minimum Gasteiger partial charge on any atom is -0.342 e. The molecule has 1 heterocycles. The molecule has 0 spiro atoms. The lowest BCUT2D eigenvalue weighted by molar-refractivity contribution is -0.137. The highest BCUT2D eigenvalue weighted by Gasteiger charge is 2.36. The second-order valence-electron chi connectivity index (χ2n) is 4.49. The van der Waals surface area contributed by atoms with E-state index in [0.717, 1.165) is 0 Å². The predicted octanol–water partition coefficient (Wildman–Crippen LogP) is -0.508. The van der Waals surface area contributed by atoms with E-state index in [1.165, 1.54) is 0 Å². The highest BCUT2D eigenvalue weighted by atomic mass is 32.2. The summed E-state index contributed by atoms with van der Waals surface area (Å²) < 4.78 is 11.0. The van der Waals surface area contributed by atoms with Crippen molar-refractivity contribution in [3.05, 3.63) is 0 Å². The number of nitrogens with one attached hydrogen (secondary N) is 1. The summed E-state index contributed by atoms with van der Waals surface area (Å²) in [7, 11) is -0.921. The Bertz CT molecular complexity index is 328. The molecule has 5 nitrogen and oxygen atoms in total. The topological polar surface area (TPSA) is 66.5 Å². The van der Waals surface area contributed by atoms with Crippen LogP contribution in [0.1, 0.15) is 20.3 Å². The molecule has 16 heavy (non-hydrogen) atoms. The molecule has 1 unspecified atom stereocenters. The third-order valence-corrected chi connectivity index (χ3v) is 3.29. The summed E-state index contributed by atoms with van der Waals surface area (Å²) in [5.41, 5.74) is -0.858. The van der Waals surface area contributed by atoms with Gasteiger partial charge in [-0.1, -0.05) is 0 Å². The van der Waals surface area contributed by atoms with Crippen LogP contribution in [0.5, 0.6) is 0 Å². The fourth-order valence-electron chi connectivity index (χ4n) is 1.65. The molecule has 6 heteroatoms. The van der Waals surface area contributed by atoms with Crippen molar-refractivity contribution >= 4 is 22.6 Å². The van der Waals surface area contributed by atoms with E-state index in [1.807, 2.05) is 0 Å². The molecule has 1 aliphatic heterocycles. The van der Waals surface area contributed by atoms with Crippen LogP contribution in [0.15, 0.2) is 0 Å². The fourth-order valence-corrected chi connectivity index (χ4v) is 2.13. The van der Waals surface area contributed by atoms with E-state index in [1.54, 1.807) is 25.0 Å².